The highest BCUT2D eigenvalue weighted by Gasteiger charge is 2.46. The van der Waals surface area contributed by atoms with Gasteiger partial charge in [0.25, 0.3) is 10.0 Å². The molecule has 1 aromatic heterocycles. The summed E-state index contributed by atoms with van der Waals surface area (Å²) >= 11 is 0. The lowest BCUT2D eigenvalue weighted by Gasteiger charge is -2.39. The average Bonchev–Trinajstić information content (AvgIpc) is 3.23. The van der Waals surface area contributed by atoms with Crippen LogP contribution in [0.2, 0.25) is 0 Å². The van der Waals surface area contributed by atoms with Gasteiger partial charge in [0.15, 0.2) is 0 Å². The Bertz CT molecular complexity index is 904. The van der Waals surface area contributed by atoms with Crippen molar-refractivity contribution < 1.29 is 22.7 Å². The Hall–Kier alpha value is -2.68. The number of esters is 1. The summed E-state index contributed by atoms with van der Waals surface area (Å²) in [5.74, 6) is -0.542. The lowest BCUT2D eigenvalue weighted by atomic mass is 9.73. The maximum absolute atomic E-state index is 13.3. The molecule has 0 radical (unpaired) electrons. The molecule has 0 bridgehead atoms. The number of carbonyl (C=O) groups excluding carboxylic acids is 2. The monoisotopic (exact) mass is 405 g/mol. The molecule has 3 rings (SSSR count). The van der Waals surface area contributed by atoms with E-state index < -0.39 is 27.4 Å². The Morgan fingerprint density at radius 2 is 1.96 bits per heavy atom. The normalized spacial score (nSPS) is 22.4. The number of carbonyl (C=O) groups is 2. The van der Waals surface area contributed by atoms with Crippen LogP contribution < -0.4 is 4.41 Å². The number of benzene rings is 1. The molecule has 8 nitrogen and oxygen atoms in total. The van der Waals surface area contributed by atoms with Gasteiger partial charge < -0.3 is 9.53 Å². The smallest absolute Gasteiger partial charge is 0.319 e. The summed E-state index contributed by atoms with van der Waals surface area (Å²) in [6.45, 7) is 1.88. The third kappa shape index (κ3) is 3.66. The Morgan fingerprint density at radius 1 is 1.29 bits per heavy atom. The summed E-state index contributed by atoms with van der Waals surface area (Å²) in [5.41, 5.74) is -1.21. The van der Waals surface area contributed by atoms with E-state index in [1.165, 1.54) is 27.5 Å². The van der Waals surface area contributed by atoms with Gasteiger partial charge in [0.05, 0.1) is 23.7 Å². The quantitative estimate of drug-likeness (QED) is 0.396. The number of hydrogen-bond acceptors (Lipinski definition) is 6. The van der Waals surface area contributed by atoms with Gasteiger partial charge in [0.2, 0.25) is 0 Å². The van der Waals surface area contributed by atoms with E-state index in [1.54, 1.807) is 37.4 Å². The van der Waals surface area contributed by atoms with Gasteiger partial charge in [0, 0.05) is 6.20 Å². The first-order valence-corrected chi connectivity index (χ1v) is 10.6. The molecule has 28 heavy (non-hydrogen) atoms. The number of ether oxygens (including phenoxy) is 1. The lowest BCUT2D eigenvalue weighted by molar-refractivity contribution is -0.159. The molecule has 9 heteroatoms. The highest BCUT2D eigenvalue weighted by molar-refractivity contribution is 7.92. The Kier molecular flexibility index (Phi) is 5.83. The molecule has 1 fully saturated rings. The van der Waals surface area contributed by atoms with Crippen LogP contribution in [0.5, 0.6) is 0 Å². The van der Waals surface area contributed by atoms with Gasteiger partial charge in [-0.05, 0) is 50.8 Å². The lowest BCUT2D eigenvalue weighted by Crippen LogP contribution is -2.52. The third-order valence-electron chi connectivity index (χ3n) is 5.05. The summed E-state index contributed by atoms with van der Waals surface area (Å²) < 4.78 is 32.9. The average molecular weight is 405 g/mol. The van der Waals surface area contributed by atoms with Crippen molar-refractivity contribution in [2.45, 2.75) is 43.5 Å². The molecule has 0 N–H and O–H groups in total. The molecule has 2 aromatic rings. The number of hydrogen-bond donors (Lipinski definition) is 0. The van der Waals surface area contributed by atoms with E-state index in [1.807, 2.05) is 0 Å². The standard InChI is InChI=1S/C19H23N3O5S/c1-2-27-18(24)19(15-23)11-9-16(10-12-19)22(21-14-6-13-20-21)28(25,26)17-7-4-3-5-8-17/h3-8,13-16H,2,9-12H2,1H3. The summed E-state index contributed by atoms with van der Waals surface area (Å²) in [6, 6.07) is 9.33. The zero-order valence-electron chi connectivity index (χ0n) is 15.6. The first-order valence-electron chi connectivity index (χ1n) is 9.17. The number of nitrogens with zero attached hydrogens (tertiary/aromatic N) is 3. The van der Waals surface area contributed by atoms with Crippen molar-refractivity contribution in [1.82, 2.24) is 9.89 Å². The largest absolute Gasteiger partial charge is 0.465 e. The molecular formula is C19H23N3O5S. The van der Waals surface area contributed by atoms with Gasteiger partial charge in [-0.15, -0.1) is 0 Å². The van der Waals surface area contributed by atoms with E-state index in [0.717, 1.165) is 0 Å². The molecular weight excluding hydrogens is 382 g/mol. The van der Waals surface area contributed by atoms with Crippen molar-refractivity contribution in [2.24, 2.45) is 5.41 Å². The van der Waals surface area contributed by atoms with Gasteiger partial charge in [-0.2, -0.15) is 22.7 Å². The Morgan fingerprint density at radius 3 is 2.50 bits per heavy atom. The highest BCUT2D eigenvalue weighted by atomic mass is 32.2. The molecule has 0 atom stereocenters. The third-order valence-corrected chi connectivity index (χ3v) is 6.87. The SMILES string of the molecule is CCOC(=O)C1(C=O)CCC(N(n2cccn2)S(=O)(=O)c2ccccc2)CC1. The van der Waals surface area contributed by atoms with Gasteiger partial charge in [0.1, 0.15) is 11.7 Å². The fourth-order valence-electron chi connectivity index (χ4n) is 3.53. The van der Waals surface area contributed by atoms with Crippen molar-refractivity contribution in [3.63, 3.8) is 0 Å². The molecule has 1 aliphatic rings. The first-order chi connectivity index (χ1) is 13.4. The second-order valence-electron chi connectivity index (χ2n) is 6.74. The topological polar surface area (TPSA) is 98.6 Å². The van der Waals surface area contributed by atoms with Crippen molar-refractivity contribution >= 4 is 22.3 Å². The van der Waals surface area contributed by atoms with Gasteiger partial charge >= 0.3 is 5.97 Å². The fourth-order valence-corrected chi connectivity index (χ4v) is 5.17. The highest BCUT2D eigenvalue weighted by Crippen LogP contribution is 2.38. The zero-order valence-corrected chi connectivity index (χ0v) is 16.4. The fraction of sp³-hybridized carbons (Fsp3) is 0.421. The second kappa shape index (κ2) is 8.14. The van der Waals surface area contributed by atoms with Crippen molar-refractivity contribution in [3.8, 4) is 0 Å². The predicted octanol–water partition coefficient (Wildman–Crippen LogP) is 1.90. The molecule has 1 heterocycles. The van der Waals surface area contributed by atoms with Gasteiger partial charge in [-0.3, -0.25) is 4.79 Å². The maximum Gasteiger partial charge on any atom is 0.319 e. The molecule has 1 aromatic carbocycles. The number of rotatable bonds is 7. The van der Waals surface area contributed by atoms with Crippen molar-refractivity contribution in [3.05, 3.63) is 48.8 Å². The van der Waals surface area contributed by atoms with E-state index in [-0.39, 0.29) is 24.3 Å². The molecule has 150 valence electrons. The minimum absolute atomic E-state index is 0.156. The van der Waals surface area contributed by atoms with Crippen LogP contribution in [0, 0.1) is 5.41 Å². The van der Waals surface area contributed by atoms with Crippen LogP contribution in [0.15, 0.2) is 53.7 Å². The minimum Gasteiger partial charge on any atom is -0.465 e. The summed E-state index contributed by atoms with van der Waals surface area (Å²) in [5, 5.41) is 4.11. The van der Waals surface area contributed by atoms with E-state index in [0.29, 0.717) is 19.1 Å². The van der Waals surface area contributed by atoms with Crippen LogP contribution in [0.25, 0.3) is 0 Å². The molecule has 0 aliphatic heterocycles. The Balaban J connectivity index is 1.90. The van der Waals surface area contributed by atoms with Crippen LogP contribution in [-0.2, 0) is 24.3 Å². The second-order valence-corrected chi connectivity index (χ2v) is 8.54. The van der Waals surface area contributed by atoms with E-state index in [2.05, 4.69) is 5.10 Å². The summed E-state index contributed by atoms with van der Waals surface area (Å²) in [4.78, 5) is 25.4. The summed E-state index contributed by atoms with van der Waals surface area (Å²) in [7, 11) is -3.87. The van der Waals surface area contributed by atoms with Crippen molar-refractivity contribution in [1.29, 1.82) is 0 Å². The van der Waals surface area contributed by atoms with Crippen LogP contribution in [-0.4, -0.2) is 43.2 Å². The molecule has 1 saturated carbocycles. The van der Waals surface area contributed by atoms with E-state index in [9.17, 15) is 18.0 Å². The van der Waals surface area contributed by atoms with Crippen LogP contribution in [0.3, 0.4) is 0 Å². The number of aldehydes is 1. The molecule has 0 unspecified atom stereocenters. The predicted molar refractivity (Wildman–Crippen MR) is 101 cm³/mol. The van der Waals surface area contributed by atoms with E-state index in [4.69, 9.17) is 4.74 Å². The van der Waals surface area contributed by atoms with Crippen LogP contribution in [0.4, 0.5) is 0 Å². The first kappa shape index (κ1) is 20.1. The van der Waals surface area contributed by atoms with Gasteiger partial charge in [-0.25, -0.2) is 0 Å². The number of aromatic nitrogens is 2. The summed E-state index contributed by atoms with van der Waals surface area (Å²) in [6.07, 6.45) is 4.83. The molecule has 0 amide bonds. The van der Waals surface area contributed by atoms with Crippen molar-refractivity contribution in [2.75, 3.05) is 11.0 Å². The van der Waals surface area contributed by atoms with Crippen LogP contribution in [0.1, 0.15) is 32.6 Å². The molecule has 0 spiro atoms. The van der Waals surface area contributed by atoms with Gasteiger partial charge in [-0.1, -0.05) is 18.2 Å². The molecule has 0 saturated heterocycles. The zero-order chi connectivity index (χ0) is 20.2. The molecule has 1 aliphatic carbocycles. The maximum atomic E-state index is 13.3. The van der Waals surface area contributed by atoms with Crippen LogP contribution >= 0.6 is 0 Å². The number of sulfonamides is 1. The van der Waals surface area contributed by atoms with E-state index >= 15 is 0 Å². The Labute approximate surface area is 164 Å². The minimum atomic E-state index is -3.87.